The van der Waals surface area contributed by atoms with Gasteiger partial charge in [0.25, 0.3) is 0 Å². The summed E-state index contributed by atoms with van der Waals surface area (Å²) in [6, 6.07) is 2.66. The zero-order valence-electron chi connectivity index (χ0n) is 14.4. The van der Waals surface area contributed by atoms with Crippen molar-refractivity contribution in [2.75, 3.05) is 36.0 Å². The van der Waals surface area contributed by atoms with Crippen molar-refractivity contribution in [2.45, 2.75) is 45.1 Å². The monoisotopic (exact) mass is 326 g/mol. The Labute approximate surface area is 143 Å². The van der Waals surface area contributed by atoms with Crippen molar-refractivity contribution in [3.8, 4) is 0 Å². The quantitative estimate of drug-likeness (QED) is 0.864. The standard InChI is InChI=1S/C18H26N6/c1-2-16-19-7-11-24(16)15-6-5-10-23(13-15)18-12-17(20-14-21-18)22-8-3-4-9-22/h7,11-12,14-15H,2-6,8-10,13H2,1H3/t15-/m1/s1. The molecule has 0 bridgehead atoms. The van der Waals surface area contributed by atoms with Gasteiger partial charge in [-0.25, -0.2) is 15.0 Å². The Kier molecular flexibility index (Phi) is 4.36. The Balaban J connectivity index is 1.52. The van der Waals surface area contributed by atoms with E-state index in [1.165, 1.54) is 31.5 Å². The van der Waals surface area contributed by atoms with Crippen LogP contribution in [0.3, 0.4) is 0 Å². The molecule has 0 aliphatic carbocycles. The highest BCUT2D eigenvalue weighted by Gasteiger charge is 2.24. The molecule has 2 aliphatic rings. The lowest BCUT2D eigenvalue weighted by atomic mass is 10.1. The first kappa shape index (κ1) is 15.4. The molecule has 2 saturated heterocycles. The van der Waals surface area contributed by atoms with Crippen LogP contribution in [0, 0.1) is 0 Å². The SMILES string of the molecule is CCc1nccn1[C@@H]1CCCN(c2cc(N3CCCC3)ncn2)C1. The molecule has 6 heteroatoms. The number of piperidine rings is 1. The maximum atomic E-state index is 4.56. The third-order valence-corrected chi connectivity index (χ3v) is 5.25. The predicted octanol–water partition coefficient (Wildman–Crippen LogP) is 2.68. The van der Waals surface area contributed by atoms with Gasteiger partial charge in [-0.3, -0.25) is 0 Å². The molecule has 0 aromatic carbocycles. The number of imidazole rings is 1. The third kappa shape index (κ3) is 2.97. The van der Waals surface area contributed by atoms with E-state index in [1.54, 1.807) is 6.33 Å². The number of aryl methyl sites for hydroxylation is 1. The van der Waals surface area contributed by atoms with Gasteiger partial charge in [-0.05, 0) is 25.7 Å². The van der Waals surface area contributed by atoms with Gasteiger partial charge in [0.2, 0.25) is 0 Å². The molecule has 0 N–H and O–H groups in total. The molecular weight excluding hydrogens is 300 g/mol. The van der Waals surface area contributed by atoms with E-state index in [1.807, 2.05) is 6.20 Å². The Morgan fingerprint density at radius 3 is 2.54 bits per heavy atom. The molecule has 1 atom stereocenters. The molecule has 0 spiro atoms. The van der Waals surface area contributed by atoms with Crippen molar-refractivity contribution in [1.82, 2.24) is 19.5 Å². The number of nitrogens with zero attached hydrogens (tertiary/aromatic N) is 6. The fourth-order valence-corrected chi connectivity index (χ4v) is 3.97. The van der Waals surface area contributed by atoms with Gasteiger partial charge in [-0.1, -0.05) is 6.92 Å². The molecule has 6 nitrogen and oxygen atoms in total. The summed E-state index contributed by atoms with van der Waals surface area (Å²) in [5, 5.41) is 0. The summed E-state index contributed by atoms with van der Waals surface area (Å²) in [6.45, 7) is 6.48. The summed E-state index contributed by atoms with van der Waals surface area (Å²) in [7, 11) is 0. The Morgan fingerprint density at radius 2 is 1.75 bits per heavy atom. The lowest BCUT2D eigenvalue weighted by Gasteiger charge is -2.35. The molecular formula is C18H26N6. The summed E-state index contributed by atoms with van der Waals surface area (Å²) < 4.78 is 2.36. The van der Waals surface area contributed by atoms with Crippen molar-refractivity contribution in [1.29, 1.82) is 0 Å². The summed E-state index contributed by atoms with van der Waals surface area (Å²) in [6.07, 6.45) is 11.7. The van der Waals surface area contributed by atoms with Crippen molar-refractivity contribution in [3.05, 3.63) is 30.6 Å². The second-order valence-corrected chi connectivity index (χ2v) is 6.77. The van der Waals surface area contributed by atoms with Crippen LogP contribution in [0.2, 0.25) is 0 Å². The highest BCUT2D eigenvalue weighted by Crippen LogP contribution is 2.28. The van der Waals surface area contributed by atoms with E-state index >= 15 is 0 Å². The molecule has 2 aromatic rings. The second kappa shape index (κ2) is 6.79. The van der Waals surface area contributed by atoms with Crippen LogP contribution in [0.4, 0.5) is 11.6 Å². The highest BCUT2D eigenvalue weighted by molar-refractivity contribution is 5.50. The van der Waals surface area contributed by atoms with Crippen molar-refractivity contribution >= 4 is 11.6 Å². The zero-order valence-corrected chi connectivity index (χ0v) is 14.4. The van der Waals surface area contributed by atoms with Crippen LogP contribution in [0.5, 0.6) is 0 Å². The number of hydrogen-bond acceptors (Lipinski definition) is 5. The van der Waals surface area contributed by atoms with Gasteiger partial charge in [0.15, 0.2) is 0 Å². The number of anilines is 2. The van der Waals surface area contributed by atoms with Gasteiger partial charge in [-0.15, -0.1) is 0 Å². The van der Waals surface area contributed by atoms with E-state index < -0.39 is 0 Å². The number of rotatable bonds is 4. The van der Waals surface area contributed by atoms with E-state index in [2.05, 4.69) is 48.5 Å². The minimum atomic E-state index is 0.487. The average molecular weight is 326 g/mol. The molecule has 2 aliphatic heterocycles. The lowest BCUT2D eigenvalue weighted by molar-refractivity contribution is 0.394. The Hall–Kier alpha value is -2.11. The van der Waals surface area contributed by atoms with E-state index in [4.69, 9.17) is 0 Å². The number of hydrogen-bond donors (Lipinski definition) is 0. The van der Waals surface area contributed by atoms with Crippen LogP contribution in [0.15, 0.2) is 24.8 Å². The zero-order chi connectivity index (χ0) is 16.4. The normalized spacial score (nSPS) is 21.5. The van der Waals surface area contributed by atoms with Crippen LogP contribution >= 0.6 is 0 Å². The maximum absolute atomic E-state index is 4.56. The van der Waals surface area contributed by atoms with Gasteiger partial charge < -0.3 is 14.4 Å². The third-order valence-electron chi connectivity index (χ3n) is 5.25. The minimum Gasteiger partial charge on any atom is -0.356 e. The summed E-state index contributed by atoms with van der Waals surface area (Å²) in [5.41, 5.74) is 0. The van der Waals surface area contributed by atoms with Crippen LogP contribution in [0.25, 0.3) is 0 Å². The fourth-order valence-electron chi connectivity index (χ4n) is 3.97. The van der Waals surface area contributed by atoms with Gasteiger partial charge in [-0.2, -0.15) is 0 Å². The molecule has 0 saturated carbocycles. The summed E-state index contributed by atoms with van der Waals surface area (Å²) >= 11 is 0. The Bertz CT molecular complexity index is 676. The fraction of sp³-hybridized carbons (Fsp3) is 0.611. The van der Waals surface area contributed by atoms with Gasteiger partial charge >= 0.3 is 0 Å². The van der Waals surface area contributed by atoms with E-state index in [0.717, 1.165) is 44.2 Å². The first-order chi connectivity index (χ1) is 11.8. The minimum absolute atomic E-state index is 0.487. The molecule has 0 radical (unpaired) electrons. The topological polar surface area (TPSA) is 50.1 Å². The molecule has 128 valence electrons. The molecule has 24 heavy (non-hydrogen) atoms. The highest BCUT2D eigenvalue weighted by atomic mass is 15.3. The van der Waals surface area contributed by atoms with E-state index in [0.29, 0.717) is 6.04 Å². The average Bonchev–Trinajstić information content (AvgIpc) is 3.33. The first-order valence-electron chi connectivity index (χ1n) is 9.19. The summed E-state index contributed by atoms with van der Waals surface area (Å²) in [5.74, 6) is 3.33. The molecule has 2 fully saturated rings. The van der Waals surface area contributed by atoms with Crippen LogP contribution in [-0.2, 0) is 6.42 Å². The van der Waals surface area contributed by atoms with Gasteiger partial charge in [0.1, 0.15) is 23.8 Å². The predicted molar refractivity (Wildman–Crippen MR) is 95.6 cm³/mol. The van der Waals surface area contributed by atoms with E-state index in [-0.39, 0.29) is 0 Å². The molecule has 0 unspecified atom stereocenters. The first-order valence-corrected chi connectivity index (χ1v) is 9.19. The largest absolute Gasteiger partial charge is 0.356 e. The smallest absolute Gasteiger partial charge is 0.134 e. The van der Waals surface area contributed by atoms with Crippen LogP contribution in [0.1, 0.15) is 44.5 Å². The Morgan fingerprint density at radius 1 is 1.00 bits per heavy atom. The van der Waals surface area contributed by atoms with Gasteiger partial charge in [0.05, 0.1) is 6.04 Å². The maximum Gasteiger partial charge on any atom is 0.134 e. The second-order valence-electron chi connectivity index (χ2n) is 6.77. The van der Waals surface area contributed by atoms with Gasteiger partial charge in [0, 0.05) is 51.1 Å². The van der Waals surface area contributed by atoms with Crippen molar-refractivity contribution in [2.24, 2.45) is 0 Å². The molecule has 2 aromatic heterocycles. The summed E-state index contributed by atoms with van der Waals surface area (Å²) in [4.78, 5) is 18.3. The lowest BCUT2D eigenvalue weighted by Crippen LogP contribution is -2.37. The van der Waals surface area contributed by atoms with Crippen molar-refractivity contribution in [3.63, 3.8) is 0 Å². The van der Waals surface area contributed by atoms with Crippen molar-refractivity contribution < 1.29 is 0 Å². The van der Waals surface area contributed by atoms with Crippen LogP contribution < -0.4 is 9.80 Å². The van der Waals surface area contributed by atoms with E-state index in [9.17, 15) is 0 Å². The van der Waals surface area contributed by atoms with Crippen LogP contribution in [-0.4, -0.2) is 45.7 Å². The molecule has 4 heterocycles. The molecule has 0 amide bonds. The number of aromatic nitrogens is 4. The molecule has 4 rings (SSSR count).